The first kappa shape index (κ1) is 19.8. The minimum absolute atomic E-state index is 0.0703. The highest BCUT2D eigenvalue weighted by Crippen LogP contribution is 2.45. The number of hydrogen-bond donors (Lipinski definition) is 0. The molecule has 1 saturated carbocycles. The second-order valence-corrected chi connectivity index (χ2v) is 8.52. The number of aryl methyl sites for hydroxylation is 3. The fraction of sp³-hybridized carbons (Fsp3) is 0.440. The van der Waals surface area contributed by atoms with Crippen molar-refractivity contribution in [3.05, 3.63) is 70.3 Å². The Kier molecular flexibility index (Phi) is 5.30. The number of carbonyl (C=O) groups is 2. The number of Topliss-reactive ketones (excluding diaryl/α,β-unsaturated/α-hetero) is 1. The highest BCUT2D eigenvalue weighted by Gasteiger charge is 2.57. The average molecular weight is 392 g/mol. The van der Waals surface area contributed by atoms with Gasteiger partial charge in [0.25, 0.3) is 0 Å². The van der Waals surface area contributed by atoms with Gasteiger partial charge in [-0.2, -0.15) is 0 Å². The van der Waals surface area contributed by atoms with Crippen LogP contribution in [0.2, 0.25) is 0 Å². The predicted octanol–water partition coefficient (Wildman–Crippen LogP) is 4.72. The number of hydrogen-bond acceptors (Lipinski definition) is 4. The summed E-state index contributed by atoms with van der Waals surface area (Å²) in [4.78, 5) is 26.1. The molecule has 2 aromatic carbocycles. The zero-order chi connectivity index (χ0) is 20.6. The third-order valence-electron chi connectivity index (χ3n) is 6.34. The maximum absolute atomic E-state index is 13.4. The van der Waals surface area contributed by atoms with Crippen LogP contribution in [0.1, 0.15) is 59.4 Å². The Morgan fingerprint density at radius 3 is 2.24 bits per heavy atom. The molecule has 0 aromatic heterocycles. The fourth-order valence-corrected chi connectivity index (χ4v) is 4.93. The summed E-state index contributed by atoms with van der Waals surface area (Å²) in [6.45, 7) is 6.53. The minimum Gasteiger partial charge on any atom is -0.450 e. The second kappa shape index (κ2) is 7.75. The summed E-state index contributed by atoms with van der Waals surface area (Å²) in [5, 5.41) is 0. The first-order valence-corrected chi connectivity index (χ1v) is 10.4. The lowest BCUT2D eigenvalue weighted by Gasteiger charge is -2.34. The largest absolute Gasteiger partial charge is 0.450 e. The van der Waals surface area contributed by atoms with Gasteiger partial charge in [-0.15, -0.1) is 0 Å². The van der Waals surface area contributed by atoms with E-state index in [2.05, 4.69) is 0 Å². The maximum Gasteiger partial charge on any atom is 0.322 e. The van der Waals surface area contributed by atoms with Crippen LogP contribution in [-0.4, -0.2) is 23.5 Å². The van der Waals surface area contributed by atoms with Gasteiger partial charge in [0.05, 0.1) is 12.7 Å². The molecule has 152 valence electrons. The molecule has 0 radical (unpaired) electrons. The molecule has 1 aliphatic heterocycles. The van der Waals surface area contributed by atoms with Crippen molar-refractivity contribution in [2.75, 3.05) is 0 Å². The summed E-state index contributed by atoms with van der Waals surface area (Å²) < 4.78 is 11.8. The monoisotopic (exact) mass is 392 g/mol. The van der Waals surface area contributed by atoms with Crippen molar-refractivity contribution < 1.29 is 19.1 Å². The Bertz CT molecular complexity index is 900. The van der Waals surface area contributed by atoms with Gasteiger partial charge in [0.2, 0.25) is 0 Å². The molecule has 4 rings (SSSR count). The maximum atomic E-state index is 13.4. The smallest absolute Gasteiger partial charge is 0.322 e. The van der Waals surface area contributed by atoms with Crippen molar-refractivity contribution in [1.29, 1.82) is 0 Å². The number of carbonyl (C=O) groups excluding carboxylic acids is 2. The Morgan fingerprint density at radius 2 is 1.62 bits per heavy atom. The lowest BCUT2D eigenvalue weighted by molar-refractivity contribution is -0.158. The van der Waals surface area contributed by atoms with Crippen molar-refractivity contribution >= 4 is 11.8 Å². The van der Waals surface area contributed by atoms with E-state index >= 15 is 0 Å². The van der Waals surface area contributed by atoms with Crippen LogP contribution >= 0.6 is 0 Å². The van der Waals surface area contributed by atoms with E-state index in [1.54, 1.807) is 0 Å². The third-order valence-corrected chi connectivity index (χ3v) is 6.34. The standard InChI is InChI=1S/C25H28O4/c1-16-13-17(2)21(18(3)14-16)22-23(26)25(29-24(22)27)11-9-20(10-12-25)28-15-19-7-5-4-6-8-19/h4-8,13-14,20,22H,9-12,15H2,1-3H3. The van der Waals surface area contributed by atoms with Gasteiger partial charge in [0, 0.05) is 0 Å². The molecule has 2 aliphatic rings. The van der Waals surface area contributed by atoms with Crippen LogP contribution in [-0.2, 0) is 25.7 Å². The molecule has 1 spiro atoms. The van der Waals surface area contributed by atoms with Crippen LogP contribution in [0.5, 0.6) is 0 Å². The Morgan fingerprint density at radius 1 is 1.00 bits per heavy atom. The summed E-state index contributed by atoms with van der Waals surface area (Å²) in [7, 11) is 0. The summed E-state index contributed by atoms with van der Waals surface area (Å²) in [5.74, 6) is -1.26. The second-order valence-electron chi connectivity index (χ2n) is 8.52. The first-order valence-electron chi connectivity index (χ1n) is 10.4. The van der Waals surface area contributed by atoms with E-state index in [4.69, 9.17) is 9.47 Å². The molecule has 0 N–H and O–H groups in total. The first-order chi connectivity index (χ1) is 13.9. The van der Waals surface area contributed by atoms with Crippen molar-refractivity contribution in [2.45, 2.75) is 70.7 Å². The van der Waals surface area contributed by atoms with Gasteiger partial charge >= 0.3 is 5.97 Å². The summed E-state index contributed by atoms with van der Waals surface area (Å²) in [6, 6.07) is 14.1. The molecule has 1 saturated heterocycles. The number of rotatable bonds is 4. The molecule has 4 nitrogen and oxygen atoms in total. The number of esters is 1. The van der Waals surface area contributed by atoms with E-state index < -0.39 is 17.5 Å². The van der Waals surface area contributed by atoms with E-state index in [0.717, 1.165) is 40.7 Å². The molecule has 2 aromatic rings. The molecule has 2 fully saturated rings. The fourth-order valence-electron chi connectivity index (χ4n) is 4.93. The zero-order valence-corrected chi connectivity index (χ0v) is 17.4. The number of ether oxygens (including phenoxy) is 2. The van der Waals surface area contributed by atoms with Crippen LogP contribution < -0.4 is 0 Å². The Labute approximate surface area is 172 Å². The molecule has 29 heavy (non-hydrogen) atoms. The molecule has 1 atom stereocenters. The van der Waals surface area contributed by atoms with Crippen molar-refractivity contribution in [2.24, 2.45) is 0 Å². The molecule has 1 heterocycles. The van der Waals surface area contributed by atoms with Gasteiger partial charge in [-0.05, 0) is 68.7 Å². The molecule has 1 aliphatic carbocycles. The lowest BCUT2D eigenvalue weighted by Crippen LogP contribution is -2.42. The number of benzene rings is 2. The topological polar surface area (TPSA) is 52.6 Å². The van der Waals surface area contributed by atoms with E-state index in [1.165, 1.54) is 0 Å². The van der Waals surface area contributed by atoms with Gasteiger partial charge in [-0.1, -0.05) is 48.0 Å². The van der Waals surface area contributed by atoms with Gasteiger partial charge < -0.3 is 9.47 Å². The van der Waals surface area contributed by atoms with E-state index in [1.807, 2.05) is 63.2 Å². The average Bonchev–Trinajstić information content (AvgIpc) is 2.92. The van der Waals surface area contributed by atoms with Crippen LogP contribution in [0.4, 0.5) is 0 Å². The highest BCUT2D eigenvalue weighted by atomic mass is 16.6. The van der Waals surface area contributed by atoms with E-state index in [-0.39, 0.29) is 11.9 Å². The summed E-state index contributed by atoms with van der Waals surface area (Å²) >= 11 is 0. The molecular weight excluding hydrogens is 364 g/mol. The van der Waals surface area contributed by atoms with Crippen LogP contribution in [0, 0.1) is 20.8 Å². The van der Waals surface area contributed by atoms with E-state index in [9.17, 15) is 9.59 Å². The third kappa shape index (κ3) is 3.74. The minimum atomic E-state index is -0.974. The van der Waals surface area contributed by atoms with Gasteiger partial charge in [0.15, 0.2) is 11.4 Å². The molecule has 4 heteroatoms. The predicted molar refractivity (Wildman–Crippen MR) is 111 cm³/mol. The van der Waals surface area contributed by atoms with Crippen molar-refractivity contribution in [1.82, 2.24) is 0 Å². The Hall–Kier alpha value is -2.46. The SMILES string of the molecule is Cc1cc(C)c(C2C(=O)OC3(CCC(OCc4ccccc4)CC3)C2=O)c(C)c1. The quantitative estimate of drug-likeness (QED) is 0.558. The normalized spacial score (nSPS) is 26.7. The molecule has 0 amide bonds. The van der Waals surface area contributed by atoms with Gasteiger partial charge in [-0.25, -0.2) is 0 Å². The van der Waals surface area contributed by atoms with Crippen molar-refractivity contribution in [3.63, 3.8) is 0 Å². The highest BCUT2D eigenvalue weighted by molar-refractivity contribution is 6.14. The lowest BCUT2D eigenvalue weighted by atomic mass is 9.76. The molecule has 1 unspecified atom stereocenters. The van der Waals surface area contributed by atoms with Crippen LogP contribution in [0.3, 0.4) is 0 Å². The van der Waals surface area contributed by atoms with Crippen LogP contribution in [0.15, 0.2) is 42.5 Å². The summed E-state index contributed by atoms with van der Waals surface area (Å²) in [5.41, 5.74) is 4.09. The van der Waals surface area contributed by atoms with E-state index in [0.29, 0.717) is 19.4 Å². The van der Waals surface area contributed by atoms with Crippen LogP contribution in [0.25, 0.3) is 0 Å². The van der Waals surface area contributed by atoms with Gasteiger partial charge in [0.1, 0.15) is 5.92 Å². The van der Waals surface area contributed by atoms with Gasteiger partial charge in [-0.3, -0.25) is 9.59 Å². The molecule has 0 bridgehead atoms. The Balaban J connectivity index is 1.45. The molecular formula is C25H28O4. The summed E-state index contributed by atoms with van der Waals surface area (Å²) in [6.07, 6.45) is 2.62. The van der Waals surface area contributed by atoms with Crippen molar-refractivity contribution in [3.8, 4) is 0 Å². The zero-order valence-electron chi connectivity index (χ0n) is 17.4. The number of ketones is 1.